The predicted molar refractivity (Wildman–Crippen MR) is 53.2 cm³/mol. The van der Waals surface area contributed by atoms with Crippen LogP contribution in [0.1, 0.15) is 11.1 Å². The van der Waals surface area contributed by atoms with Gasteiger partial charge in [-0.3, -0.25) is 0 Å². The Bertz CT molecular complexity index is 534. The van der Waals surface area contributed by atoms with E-state index in [0.717, 1.165) is 12.1 Å². The zero-order valence-electron chi connectivity index (χ0n) is 8.87. The molecule has 4 nitrogen and oxygen atoms in total. The second-order valence-corrected chi connectivity index (χ2v) is 4.93. The Morgan fingerprint density at radius 2 is 1.65 bits per heavy atom. The van der Waals surface area contributed by atoms with Gasteiger partial charge in [0.05, 0.1) is 0 Å². The molecule has 0 aliphatic carbocycles. The zero-order chi connectivity index (χ0) is 13.4. The normalized spacial score (nSPS) is 12.5. The highest BCUT2D eigenvalue weighted by molar-refractivity contribution is 7.88. The van der Waals surface area contributed by atoms with Crippen molar-refractivity contribution in [3.05, 3.63) is 23.3 Å². The van der Waals surface area contributed by atoms with Crippen LogP contribution >= 0.6 is 0 Å². The van der Waals surface area contributed by atoms with Crippen molar-refractivity contribution in [2.45, 2.75) is 19.4 Å². The van der Waals surface area contributed by atoms with E-state index in [0.29, 0.717) is 11.1 Å². The second kappa shape index (κ2) is 4.10. The first kappa shape index (κ1) is 13.6. The van der Waals surface area contributed by atoms with Crippen LogP contribution in [0.5, 0.6) is 11.5 Å². The first-order valence-electron chi connectivity index (χ1n) is 4.35. The van der Waals surface area contributed by atoms with Crippen LogP contribution in [-0.2, 0) is 10.1 Å². The molecule has 0 spiro atoms. The van der Waals surface area contributed by atoms with Crippen LogP contribution in [0.25, 0.3) is 0 Å². The van der Waals surface area contributed by atoms with Crippen LogP contribution in [0.3, 0.4) is 0 Å². The van der Waals surface area contributed by atoms with E-state index >= 15 is 0 Å². The lowest BCUT2D eigenvalue weighted by atomic mass is 10.1. The standard InChI is InChI=1S/C9H9F3O4S/c1-5-3-7(13)8(4-6(5)2)16-17(14,15)9(10,11)12/h3-4,13H,1-2H3. The van der Waals surface area contributed by atoms with Crippen LogP contribution in [0.4, 0.5) is 13.2 Å². The van der Waals surface area contributed by atoms with E-state index in [-0.39, 0.29) is 0 Å². The molecule has 1 aromatic carbocycles. The number of rotatable bonds is 2. The molecule has 0 bridgehead atoms. The summed E-state index contributed by atoms with van der Waals surface area (Å²) in [7, 11) is -5.76. The Labute approximate surface area is 95.8 Å². The molecule has 0 aliphatic rings. The van der Waals surface area contributed by atoms with Gasteiger partial charge in [-0.1, -0.05) is 0 Å². The van der Waals surface area contributed by atoms with Crippen LogP contribution in [0.2, 0.25) is 0 Å². The first-order valence-corrected chi connectivity index (χ1v) is 5.76. The molecule has 0 aromatic heterocycles. The molecule has 1 N–H and O–H groups in total. The second-order valence-electron chi connectivity index (χ2n) is 3.39. The van der Waals surface area contributed by atoms with E-state index in [4.69, 9.17) is 0 Å². The van der Waals surface area contributed by atoms with Gasteiger partial charge in [-0.15, -0.1) is 0 Å². The molecular formula is C9H9F3O4S. The first-order chi connectivity index (χ1) is 7.54. The number of hydrogen-bond acceptors (Lipinski definition) is 4. The van der Waals surface area contributed by atoms with E-state index in [1.165, 1.54) is 0 Å². The average Bonchev–Trinajstić information content (AvgIpc) is 2.12. The minimum Gasteiger partial charge on any atom is -0.504 e. The number of phenols is 1. The molecule has 0 saturated carbocycles. The molecule has 0 aliphatic heterocycles. The lowest BCUT2D eigenvalue weighted by Crippen LogP contribution is -2.28. The topological polar surface area (TPSA) is 63.6 Å². The maximum absolute atomic E-state index is 12.0. The van der Waals surface area contributed by atoms with Gasteiger partial charge in [0, 0.05) is 0 Å². The van der Waals surface area contributed by atoms with E-state index in [1.807, 2.05) is 0 Å². The van der Waals surface area contributed by atoms with Crippen LogP contribution < -0.4 is 4.18 Å². The van der Waals surface area contributed by atoms with E-state index in [1.54, 1.807) is 13.8 Å². The van der Waals surface area contributed by atoms with Gasteiger partial charge in [-0.2, -0.15) is 21.6 Å². The van der Waals surface area contributed by atoms with Gasteiger partial charge < -0.3 is 9.29 Å². The molecule has 0 radical (unpaired) electrons. The number of benzene rings is 1. The molecule has 0 heterocycles. The van der Waals surface area contributed by atoms with E-state index in [2.05, 4.69) is 4.18 Å². The summed E-state index contributed by atoms with van der Waals surface area (Å²) in [6, 6.07) is 2.14. The van der Waals surface area contributed by atoms with Crippen molar-refractivity contribution in [3.63, 3.8) is 0 Å². The summed E-state index contributed by atoms with van der Waals surface area (Å²) < 4.78 is 61.4. The van der Waals surface area contributed by atoms with Crippen molar-refractivity contribution in [2.75, 3.05) is 0 Å². The Balaban J connectivity index is 3.18. The van der Waals surface area contributed by atoms with Gasteiger partial charge in [0.15, 0.2) is 11.5 Å². The lowest BCUT2D eigenvalue weighted by molar-refractivity contribution is -0.0500. The third-order valence-corrected chi connectivity index (χ3v) is 3.02. The average molecular weight is 270 g/mol. The number of aromatic hydroxyl groups is 1. The zero-order valence-corrected chi connectivity index (χ0v) is 9.69. The van der Waals surface area contributed by atoms with Gasteiger partial charge in [0.2, 0.25) is 0 Å². The van der Waals surface area contributed by atoms with Crippen LogP contribution in [-0.4, -0.2) is 19.0 Å². The van der Waals surface area contributed by atoms with Crippen LogP contribution in [0.15, 0.2) is 12.1 Å². The van der Waals surface area contributed by atoms with Gasteiger partial charge in [-0.25, -0.2) is 0 Å². The van der Waals surface area contributed by atoms with E-state index < -0.39 is 27.1 Å². The minimum absolute atomic E-state index is 0.496. The Hall–Kier alpha value is -1.44. The summed E-state index contributed by atoms with van der Waals surface area (Å²) >= 11 is 0. The lowest BCUT2D eigenvalue weighted by Gasteiger charge is -2.12. The molecule has 17 heavy (non-hydrogen) atoms. The van der Waals surface area contributed by atoms with Crippen molar-refractivity contribution < 1.29 is 30.9 Å². The number of alkyl halides is 3. The number of halogens is 3. The molecule has 0 unspecified atom stereocenters. The quantitative estimate of drug-likeness (QED) is 0.661. The van der Waals surface area contributed by atoms with Crippen molar-refractivity contribution in [1.29, 1.82) is 0 Å². The van der Waals surface area contributed by atoms with Gasteiger partial charge in [0.1, 0.15) is 0 Å². The summed E-state index contributed by atoms with van der Waals surface area (Å²) in [6.45, 7) is 3.15. The molecule has 8 heteroatoms. The third-order valence-electron chi connectivity index (χ3n) is 2.06. The van der Waals surface area contributed by atoms with Crippen molar-refractivity contribution in [3.8, 4) is 11.5 Å². The van der Waals surface area contributed by atoms with Gasteiger partial charge in [0.25, 0.3) is 0 Å². The maximum Gasteiger partial charge on any atom is 0.534 e. The highest BCUT2D eigenvalue weighted by atomic mass is 32.2. The maximum atomic E-state index is 12.0. The molecule has 0 atom stereocenters. The van der Waals surface area contributed by atoms with Crippen LogP contribution in [0, 0.1) is 13.8 Å². The molecule has 96 valence electrons. The summed E-state index contributed by atoms with van der Waals surface area (Å²) in [4.78, 5) is 0. The number of phenolic OH excluding ortho intramolecular Hbond substituents is 1. The molecule has 0 amide bonds. The Morgan fingerprint density at radius 1 is 1.18 bits per heavy atom. The van der Waals surface area contributed by atoms with Gasteiger partial charge in [-0.05, 0) is 37.1 Å². The van der Waals surface area contributed by atoms with Gasteiger partial charge >= 0.3 is 15.6 Å². The number of hydrogen-bond donors (Lipinski definition) is 1. The highest BCUT2D eigenvalue weighted by Crippen LogP contribution is 2.34. The Morgan fingerprint density at radius 3 is 2.12 bits per heavy atom. The SMILES string of the molecule is Cc1cc(O)c(OS(=O)(=O)C(F)(F)F)cc1C. The minimum atomic E-state index is -5.76. The molecule has 0 fully saturated rings. The molecule has 1 aromatic rings. The fraction of sp³-hybridized carbons (Fsp3) is 0.333. The monoisotopic (exact) mass is 270 g/mol. The summed E-state index contributed by atoms with van der Waals surface area (Å²) in [5, 5.41) is 9.29. The molecular weight excluding hydrogens is 261 g/mol. The third kappa shape index (κ3) is 2.82. The highest BCUT2D eigenvalue weighted by Gasteiger charge is 2.48. The molecule has 0 saturated heterocycles. The summed E-state index contributed by atoms with van der Waals surface area (Å²) in [6.07, 6.45) is 0. The number of aryl methyl sites for hydroxylation is 2. The van der Waals surface area contributed by atoms with Crippen molar-refractivity contribution in [2.24, 2.45) is 0 Å². The Kier molecular flexibility index (Phi) is 3.28. The fourth-order valence-electron chi connectivity index (χ4n) is 1.01. The smallest absolute Gasteiger partial charge is 0.504 e. The summed E-state index contributed by atoms with van der Waals surface area (Å²) in [5.74, 6) is -1.41. The summed E-state index contributed by atoms with van der Waals surface area (Å²) in [5.41, 5.74) is -4.44. The van der Waals surface area contributed by atoms with E-state index in [9.17, 15) is 26.7 Å². The molecule has 1 rings (SSSR count). The van der Waals surface area contributed by atoms with Crippen molar-refractivity contribution >= 4 is 10.1 Å². The van der Waals surface area contributed by atoms with Crippen molar-refractivity contribution in [1.82, 2.24) is 0 Å². The largest absolute Gasteiger partial charge is 0.534 e. The predicted octanol–water partition coefficient (Wildman–Crippen LogP) is 2.24. The fourth-order valence-corrected chi connectivity index (χ4v) is 1.47.